The summed E-state index contributed by atoms with van der Waals surface area (Å²) in [5.41, 5.74) is 8.58. The molecule has 1 saturated carbocycles. The fourth-order valence-electron chi connectivity index (χ4n) is 2.79. The molecular weight excluding hydrogens is 186 g/mol. The summed E-state index contributed by atoms with van der Waals surface area (Å²) in [6.45, 7) is 6.78. The minimum atomic E-state index is 0.377. The lowest BCUT2D eigenvalue weighted by Gasteiger charge is -2.38. The van der Waals surface area contributed by atoms with Crippen molar-refractivity contribution in [2.75, 3.05) is 5.73 Å². The van der Waals surface area contributed by atoms with E-state index >= 15 is 0 Å². The van der Waals surface area contributed by atoms with Crippen LogP contribution in [0.25, 0.3) is 0 Å². The molecule has 1 fully saturated rings. The van der Waals surface area contributed by atoms with Crippen LogP contribution in [0.4, 0.5) is 5.82 Å². The first kappa shape index (κ1) is 10.5. The summed E-state index contributed by atoms with van der Waals surface area (Å²) in [5, 5.41) is 7.23. The predicted octanol–water partition coefficient (Wildman–Crippen LogP) is 2.98. The smallest absolute Gasteiger partial charge is 0.148 e. The average molecular weight is 207 g/mol. The molecule has 15 heavy (non-hydrogen) atoms. The van der Waals surface area contributed by atoms with Gasteiger partial charge in [-0.1, -0.05) is 26.7 Å². The highest BCUT2D eigenvalue weighted by Crippen LogP contribution is 2.47. The van der Waals surface area contributed by atoms with Gasteiger partial charge in [0.15, 0.2) is 0 Å². The van der Waals surface area contributed by atoms with Crippen LogP contribution in [0.15, 0.2) is 0 Å². The van der Waals surface area contributed by atoms with E-state index in [9.17, 15) is 0 Å². The van der Waals surface area contributed by atoms with Crippen molar-refractivity contribution < 1.29 is 0 Å². The van der Waals surface area contributed by atoms with Crippen molar-refractivity contribution in [1.29, 1.82) is 0 Å². The molecule has 0 radical (unpaired) electrons. The number of aromatic amines is 1. The van der Waals surface area contributed by atoms with Gasteiger partial charge >= 0.3 is 0 Å². The van der Waals surface area contributed by atoms with Crippen LogP contribution in [0.3, 0.4) is 0 Å². The molecule has 1 heterocycles. The highest BCUT2D eigenvalue weighted by molar-refractivity contribution is 5.42. The number of H-pyrrole nitrogens is 1. The molecule has 0 saturated heterocycles. The highest BCUT2D eigenvalue weighted by Gasteiger charge is 2.35. The fraction of sp³-hybridized carbons (Fsp3) is 0.750. The van der Waals surface area contributed by atoms with Crippen LogP contribution in [0, 0.1) is 12.3 Å². The molecule has 1 aromatic rings. The Hall–Kier alpha value is -0.990. The Kier molecular flexibility index (Phi) is 2.49. The van der Waals surface area contributed by atoms with Crippen molar-refractivity contribution in [3.05, 3.63) is 11.3 Å². The van der Waals surface area contributed by atoms with Gasteiger partial charge in [0.1, 0.15) is 5.82 Å². The monoisotopic (exact) mass is 207 g/mol. The number of hydrogen-bond donors (Lipinski definition) is 2. The number of nitrogens with one attached hydrogen (secondary N) is 1. The molecular formula is C12H21N3. The quantitative estimate of drug-likeness (QED) is 0.743. The molecule has 1 aliphatic rings. The van der Waals surface area contributed by atoms with E-state index < -0.39 is 0 Å². The standard InChI is InChI=1S/C12H21N3/c1-8-10(14-15-11(8)13)9-6-4-5-7-12(9,2)3/h9H,4-7H2,1-3H3,(H3,13,14,15). The molecule has 1 atom stereocenters. The molecule has 0 aromatic carbocycles. The summed E-state index contributed by atoms with van der Waals surface area (Å²) in [7, 11) is 0. The maximum Gasteiger partial charge on any atom is 0.148 e. The maximum absolute atomic E-state index is 5.79. The van der Waals surface area contributed by atoms with Gasteiger partial charge in [0, 0.05) is 17.2 Å². The molecule has 3 nitrogen and oxygen atoms in total. The van der Waals surface area contributed by atoms with E-state index in [0.717, 1.165) is 5.56 Å². The lowest BCUT2D eigenvalue weighted by atomic mass is 9.67. The first-order chi connectivity index (χ1) is 7.02. The summed E-state index contributed by atoms with van der Waals surface area (Å²) in [5.74, 6) is 1.25. The van der Waals surface area contributed by atoms with E-state index in [4.69, 9.17) is 5.73 Å². The second kappa shape index (κ2) is 3.54. The minimum Gasteiger partial charge on any atom is -0.382 e. The van der Waals surface area contributed by atoms with Gasteiger partial charge in [-0.3, -0.25) is 5.10 Å². The zero-order valence-electron chi connectivity index (χ0n) is 9.93. The zero-order chi connectivity index (χ0) is 11.1. The third-order valence-electron chi connectivity index (χ3n) is 3.94. The molecule has 0 spiro atoms. The van der Waals surface area contributed by atoms with Crippen LogP contribution in [0.1, 0.15) is 56.7 Å². The van der Waals surface area contributed by atoms with Crippen molar-refractivity contribution in [1.82, 2.24) is 10.2 Å². The number of hydrogen-bond acceptors (Lipinski definition) is 2. The van der Waals surface area contributed by atoms with E-state index in [1.165, 1.54) is 31.4 Å². The number of anilines is 1. The lowest BCUT2D eigenvalue weighted by Crippen LogP contribution is -2.26. The summed E-state index contributed by atoms with van der Waals surface area (Å²) in [6.07, 6.45) is 5.24. The zero-order valence-corrected chi connectivity index (χ0v) is 9.93. The summed E-state index contributed by atoms with van der Waals surface area (Å²) < 4.78 is 0. The van der Waals surface area contributed by atoms with Gasteiger partial charge in [0.2, 0.25) is 0 Å². The summed E-state index contributed by atoms with van der Waals surface area (Å²) in [4.78, 5) is 0. The molecule has 3 N–H and O–H groups in total. The number of nitrogens with two attached hydrogens (primary N) is 1. The van der Waals surface area contributed by atoms with Crippen molar-refractivity contribution in [3.63, 3.8) is 0 Å². The molecule has 1 unspecified atom stereocenters. The molecule has 0 aliphatic heterocycles. The first-order valence-electron chi connectivity index (χ1n) is 5.83. The van der Waals surface area contributed by atoms with Crippen LogP contribution in [0.2, 0.25) is 0 Å². The summed E-state index contributed by atoms with van der Waals surface area (Å²) in [6, 6.07) is 0. The molecule has 0 amide bonds. The summed E-state index contributed by atoms with van der Waals surface area (Å²) >= 11 is 0. The molecule has 2 rings (SSSR count). The number of nitrogens with zero attached hydrogens (tertiary/aromatic N) is 1. The Morgan fingerprint density at radius 3 is 2.67 bits per heavy atom. The van der Waals surface area contributed by atoms with Gasteiger partial charge in [-0.15, -0.1) is 0 Å². The van der Waals surface area contributed by atoms with Crippen molar-refractivity contribution in [3.8, 4) is 0 Å². The molecule has 1 aliphatic carbocycles. The topological polar surface area (TPSA) is 54.7 Å². The van der Waals surface area contributed by atoms with E-state index in [0.29, 0.717) is 17.2 Å². The van der Waals surface area contributed by atoms with E-state index in [-0.39, 0.29) is 0 Å². The Morgan fingerprint density at radius 2 is 2.13 bits per heavy atom. The van der Waals surface area contributed by atoms with E-state index in [1.807, 2.05) is 0 Å². The normalized spacial score (nSPS) is 25.4. The van der Waals surface area contributed by atoms with Gasteiger partial charge in [-0.05, 0) is 25.2 Å². The second-order valence-corrected chi connectivity index (χ2v) is 5.43. The van der Waals surface area contributed by atoms with Gasteiger partial charge in [0.25, 0.3) is 0 Å². The van der Waals surface area contributed by atoms with Gasteiger partial charge in [-0.2, -0.15) is 5.10 Å². The van der Waals surface area contributed by atoms with Crippen molar-refractivity contribution in [2.24, 2.45) is 5.41 Å². The molecule has 1 aromatic heterocycles. The molecule has 3 heteroatoms. The third kappa shape index (κ3) is 1.75. The van der Waals surface area contributed by atoms with Gasteiger partial charge in [-0.25, -0.2) is 0 Å². The number of aromatic nitrogens is 2. The van der Waals surface area contributed by atoms with Crippen molar-refractivity contribution >= 4 is 5.82 Å². The first-order valence-corrected chi connectivity index (χ1v) is 5.83. The van der Waals surface area contributed by atoms with Gasteiger partial charge < -0.3 is 5.73 Å². The van der Waals surface area contributed by atoms with E-state index in [1.54, 1.807) is 0 Å². The van der Waals surface area contributed by atoms with Crippen LogP contribution < -0.4 is 5.73 Å². The van der Waals surface area contributed by atoms with Crippen LogP contribution >= 0.6 is 0 Å². The second-order valence-electron chi connectivity index (χ2n) is 5.43. The van der Waals surface area contributed by atoms with Crippen LogP contribution in [-0.4, -0.2) is 10.2 Å². The largest absolute Gasteiger partial charge is 0.382 e. The van der Waals surface area contributed by atoms with E-state index in [2.05, 4.69) is 31.0 Å². The number of rotatable bonds is 1. The maximum atomic E-state index is 5.79. The van der Waals surface area contributed by atoms with Crippen LogP contribution in [0.5, 0.6) is 0 Å². The SMILES string of the molecule is Cc1c(N)n[nH]c1C1CCCCC1(C)C. The Bertz CT molecular complexity index is 352. The van der Waals surface area contributed by atoms with Crippen molar-refractivity contribution in [2.45, 2.75) is 52.4 Å². The minimum absolute atomic E-state index is 0.377. The van der Waals surface area contributed by atoms with Crippen LogP contribution in [-0.2, 0) is 0 Å². The lowest BCUT2D eigenvalue weighted by molar-refractivity contribution is 0.195. The Morgan fingerprint density at radius 1 is 1.40 bits per heavy atom. The Balaban J connectivity index is 2.33. The number of nitrogen functional groups attached to an aromatic ring is 1. The fourth-order valence-corrected chi connectivity index (χ4v) is 2.79. The molecule has 0 bridgehead atoms. The molecule has 84 valence electrons. The predicted molar refractivity (Wildman–Crippen MR) is 62.7 cm³/mol. The van der Waals surface area contributed by atoms with Gasteiger partial charge in [0.05, 0.1) is 0 Å². The third-order valence-corrected chi connectivity index (χ3v) is 3.94. The average Bonchev–Trinajstić information content (AvgIpc) is 2.48. The highest BCUT2D eigenvalue weighted by atomic mass is 15.2. The Labute approximate surface area is 91.4 Å².